The molecule has 0 amide bonds. The number of aromatic carboxylic acids is 1. The Kier molecular flexibility index (Phi) is 16.7. The molecule has 0 N–H and O–H groups in total. The zero-order valence-corrected chi connectivity index (χ0v) is 33.4. The van der Waals surface area contributed by atoms with Crippen molar-refractivity contribution >= 4 is 59.3 Å². The Hall–Kier alpha value is -5.08. The van der Waals surface area contributed by atoms with Crippen LogP contribution in [0, 0.1) is 36.4 Å². The van der Waals surface area contributed by atoms with Crippen LogP contribution in [0.2, 0.25) is 0 Å². The Bertz CT molecular complexity index is 1970. The average molecular weight is 921 g/mol. The molecule has 7 aromatic rings. The molecule has 0 saturated carbocycles. The standard InChI is InChI=1S/C36H28P2.C7H4NO4.C3H5.Ir/c1-5-17-29(18-6-1)37(30-19-7-2-8-20-30)35-27-15-13-25-33(35)34-26-14-16-28-36(34)38(31-21-9-3-10-22-31)32-23-11-4-12-24-32;9-7(10)5-2-1-3-6(4-5)8(11)12;1-3-2;/h1-28H;1,3-4H,(H,9,10);3H,1-2H2;/q;-1;;+3/p-1. The van der Waals surface area contributed by atoms with Crippen LogP contribution in [0.3, 0.4) is 0 Å². The second-order valence-electron chi connectivity index (χ2n) is 11.3. The third kappa shape index (κ3) is 11.0. The summed E-state index contributed by atoms with van der Waals surface area (Å²) >= 11 is 0. The van der Waals surface area contributed by atoms with Crippen molar-refractivity contribution in [1.29, 1.82) is 0 Å². The summed E-state index contributed by atoms with van der Waals surface area (Å²) in [6.07, 6.45) is 1.50. The summed E-state index contributed by atoms with van der Waals surface area (Å²) in [7, 11) is -1.45. The van der Waals surface area contributed by atoms with Crippen LogP contribution in [0.15, 0.2) is 188 Å². The van der Waals surface area contributed by atoms with Crippen molar-refractivity contribution in [2.45, 2.75) is 0 Å². The number of hydrogen-bond donors (Lipinski definition) is 0. The van der Waals surface area contributed by atoms with Crippen molar-refractivity contribution in [3.63, 3.8) is 0 Å². The SMILES string of the molecule is O=C([O-])c1[c-]ccc([N+](=O)[O-])c1.[CH2][CH][CH2].[Ir+3].c1ccc(P(c2ccccc2)c2ccccc2-c2ccccc2P(c2ccccc2)c2ccccc2)cc1. The van der Waals surface area contributed by atoms with Crippen LogP contribution < -0.4 is 36.9 Å². The minimum Gasteiger partial charge on any atom is -0.603 e. The van der Waals surface area contributed by atoms with Gasteiger partial charge in [0.1, 0.15) is 0 Å². The molecule has 0 saturated heterocycles. The van der Waals surface area contributed by atoms with Crippen molar-refractivity contribution in [3.8, 4) is 11.1 Å². The van der Waals surface area contributed by atoms with Crippen LogP contribution in [0.5, 0.6) is 0 Å². The number of hydrogen-bond acceptors (Lipinski definition) is 4. The van der Waals surface area contributed by atoms with Gasteiger partial charge in [-0.1, -0.05) is 182 Å². The van der Waals surface area contributed by atoms with Gasteiger partial charge < -0.3 is 9.90 Å². The summed E-state index contributed by atoms with van der Waals surface area (Å²) in [6.45, 7) is 6.50. The molecule has 0 bridgehead atoms. The molecule has 0 heterocycles. The Morgan fingerprint density at radius 2 is 0.870 bits per heavy atom. The number of nitro benzene ring substituents is 1. The molecular weight excluding hydrogens is 885 g/mol. The van der Waals surface area contributed by atoms with Gasteiger partial charge in [-0.3, -0.25) is 10.1 Å². The zero-order valence-electron chi connectivity index (χ0n) is 29.2. The molecule has 0 unspecified atom stereocenters. The molecule has 0 atom stereocenters. The van der Waals surface area contributed by atoms with Crippen molar-refractivity contribution in [3.05, 3.63) is 230 Å². The van der Waals surface area contributed by atoms with E-state index in [1.807, 2.05) is 0 Å². The number of non-ortho nitro benzene ring substituents is 1. The summed E-state index contributed by atoms with van der Waals surface area (Å²) < 4.78 is 0. The van der Waals surface area contributed by atoms with E-state index in [1.54, 1.807) is 0 Å². The molecule has 8 heteroatoms. The van der Waals surface area contributed by atoms with Gasteiger partial charge in [0.05, 0.1) is 0 Å². The summed E-state index contributed by atoms with van der Waals surface area (Å²) in [5, 5.41) is 28.6. The van der Waals surface area contributed by atoms with Crippen LogP contribution in [-0.2, 0) is 20.1 Å². The van der Waals surface area contributed by atoms with Crippen molar-refractivity contribution < 1.29 is 34.9 Å². The first-order chi connectivity index (χ1) is 25.9. The number of carbonyl (C=O) groups is 1. The predicted octanol–water partition coefficient (Wildman–Crippen LogP) is 7.48. The molecule has 0 fully saturated rings. The smallest absolute Gasteiger partial charge is 0.603 e. The second-order valence-corrected chi connectivity index (χ2v) is 15.7. The van der Waals surface area contributed by atoms with Gasteiger partial charge in [-0.15, -0.1) is 17.7 Å². The van der Waals surface area contributed by atoms with E-state index >= 15 is 0 Å². The van der Waals surface area contributed by atoms with Crippen LogP contribution in [0.1, 0.15) is 10.4 Å². The molecular formula is C46H36IrNO4P2+. The second kappa shape index (κ2) is 21.6. The van der Waals surface area contributed by atoms with E-state index < -0.39 is 26.7 Å². The Labute approximate surface area is 333 Å². The molecule has 7 rings (SSSR count). The molecule has 267 valence electrons. The van der Waals surface area contributed by atoms with Crippen LogP contribution in [0.4, 0.5) is 5.69 Å². The summed E-state index contributed by atoms with van der Waals surface area (Å²) in [5.41, 5.74) is 2.04. The maximum Gasteiger partial charge on any atom is 3.00 e. The van der Waals surface area contributed by atoms with Crippen LogP contribution in [0.25, 0.3) is 11.1 Å². The van der Waals surface area contributed by atoms with E-state index in [2.05, 4.69) is 190 Å². The minimum atomic E-state index is -1.47. The maximum atomic E-state index is 10.2. The topological polar surface area (TPSA) is 83.3 Å². The number of nitro groups is 1. The summed E-state index contributed by atoms with van der Waals surface area (Å²) in [5.74, 6) is -1.47. The third-order valence-corrected chi connectivity index (χ3v) is 12.9. The van der Waals surface area contributed by atoms with Crippen molar-refractivity contribution in [2.75, 3.05) is 0 Å². The number of carboxylic acid groups (broad SMARTS) is 1. The number of benzene rings is 7. The van der Waals surface area contributed by atoms with Crippen molar-refractivity contribution in [2.24, 2.45) is 0 Å². The maximum absolute atomic E-state index is 10.2. The molecule has 0 aliphatic rings. The van der Waals surface area contributed by atoms with Gasteiger partial charge in [0.25, 0.3) is 0 Å². The van der Waals surface area contributed by atoms with Gasteiger partial charge in [0.15, 0.2) is 5.69 Å². The van der Waals surface area contributed by atoms with Gasteiger partial charge in [-0.2, -0.15) is 0 Å². The number of carboxylic acids is 1. The molecule has 54 heavy (non-hydrogen) atoms. The Morgan fingerprint density at radius 3 is 1.19 bits per heavy atom. The predicted molar refractivity (Wildman–Crippen MR) is 221 cm³/mol. The Morgan fingerprint density at radius 1 is 0.556 bits per heavy atom. The molecule has 5 nitrogen and oxygen atoms in total. The first kappa shape index (κ1) is 41.7. The largest absolute Gasteiger partial charge is 3.00 e. The van der Waals surface area contributed by atoms with Gasteiger partial charge in [-0.05, 0) is 85.0 Å². The number of rotatable bonds is 9. The molecule has 3 radical (unpaired) electrons. The quantitative estimate of drug-likeness (QED) is 0.0651. The van der Waals surface area contributed by atoms with Crippen molar-refractivity contribution in [1.82, 2.24) is 0 Å². The number of carbonyl (C=O) groups excluding carboxylic acids is 1. The minimum absolute atomic E-state index is 0. The summed E-state index contributed by atoms with van der Waals surface area (Å²) in [4.78, 5) is 19.7. The van der Waals surface area contributed by atoms with E-state index in [1.165, 1.54) is 55.4 Å². The average Bonchev–Trinajstić information content (AvgIpc) is 3.21. The first-order valence-corrected chi connectivity index (χ1v) is 19.4. The normalized spacial score (nSPS) is 10.2. The van der Waals surface area contributed by atoms with Gasteiger partial charge in [0, 0.05) is 4.92 Å². The van der Waals surface area contributed by atoms with Gasteiger partial charge in [-0.25, -0.2) is 0 Å². The van der Waals surface area contributed by atoms with Gasteiger partial charge in [0.2, 0.25) is 0 Å². The van der Waals surface area contributed by atoms with Gasteiger partial charge >= 0.3 is 20.1 Å². The van der Waals surface area contributed by atoms with Crippen LogP contribution >= 0.6 is 15.8 Å². The van der Waals surface area contributed by atoms with E-state index in [0.29, 0.717) is 0 Å². The third-order valence-electron chi connectivity index (χ3n) is 7.85. The molecule has 0 spiro atoms. The fourth-order valence-corrected chi connectivity index (χ4v) is 10.6. The van der Waals surface area contributed by atoms with Crippen LogP contribution in [-0.4, -0.2) is 10.9 Å². The van der Waals surface area contributed by atoms with E-state index in [0.717, 1.165) is 12.1 Å². The summed E-state index contributed by atoms with van der Waals surface area (Å²) in [6, 6.07) is 67.6. The molecule has 0 aromatic heterocycles. The molecule has 7 aromatic carbocycles. The van der Waals surface area contributed by atoms with E-state index in [4.69, 9.17) is 0 Å². The Balaban J connectivity index is 0.000000343. The first-order valence-electron chi connectivity index (χ1n) is 16.7. The number of nitrogens with zero attached hydrogens (tertiary/aromatic N) is 1. The fourth-order valence-electron chi connectivity index (χ4n) is 5.64. The fraction of sp³-hybridized carbons (Fsp3) is 0. The van der Waals surface area contributed by atoms with E-state index in [-0.39, 0.29) is 31.4 Å². The molecule has 0 aliphatic carbocycles. The van der Waals surface area contributed by atoms with E-state index in [9.17, 15) is 20.0 Å². The monoisotopic (exact) mass is 921 g/mol. The molecule has 0 aliphatic heterocycles. The zero-order chi connectivity index (χ0) is 37.4.